The van der Waals surface area contributed by atoms with Gasteiger partial charge in [-0.15, -0.1) is 11.3 Å². The van der Waals surface area contributed by atoms with Gasteiger partial charge in [0.1, 0.15) is 5.01 Å². The molecule has 1 aromatic heterocycles. The third-order valence-corrected chi connectivity index (χ3v) is 5.89. The van der Waals surface area contributed by atoms with E-state index in [0.29, 0.717) is 4.47 Å². The second-order valence-electron chi connectivity index (χ2n) is 4.94. The van der Waals surface area contributed by atoms with Crippen molar-refractivity contribution in [1.29, 1.82) is 0 Å². The van der Waals surface area contributed by atoms with Crippen molar-refractivity contribution in [1.82, 2.24) is 10.3 Å². The maximum absolute atomic E-state index is 12.3. The number of primary sulfonamides is 1. The molecule has 2 aromatic carbocycles. The lowest BCUT2D eigenvalue weighted by Crippen LogP contribution is -2.24. The van der Waals surface area contributed by atoms with Crippen molar-refractivity contribution in [2.75, 3.05) is 0 Å². The smallest absolute Gasteiger partial charge is 0.252 e. The van der Waals surface area contributed by atoms with Gasteiger partial charge in [-0.1, -0.05) is 12.1 Å². The highest BCUT2D eigenvalue weighted by atomic mass is 79.9. The number of nitrogens with zero attached hydrogens (tertiary/aromatic N) is 1. The summed E-state index contributed by atoms with van der Waals surface area (Å²) in [4.78, 5) is 16.7. The van der Waals surface area contributed by atoms with E-state index in [1.165, 1.54) is 29.5 Å². The highest BCUT2D eigenvalue weighted by Gasteiger charge is 2.16. The monoisotopic (exact) mass is 425 g/mol. The lowest BCUT2D eigenvalue weighted by atomic mass is 10.2. The van der Waals surface area contributed by atoms with Crippen molar-refractivity contribution in [3.63, 3.8) is 0 Å². The first kappa shape index (κ1) is 17.0. The first-order valence-electron chi connectivity index (χ1n) is 6.79. The molecule has 0 atom stereocenters. The Morgan fingerprint density at radius 2 is 2.00 bits per heavy atom. The number of nitrogens with one attached hydrogen (secondary N) is 1. The summed E-state index contributed by atoms with van der Waals surface area (Å²) in [6, 6.07) is 11.8. The van der Waals surface area contributed by atoms with E-state index in [1.807, 2.05) is 24.3 Å². The van der Waals surface area contributed by atoms with Crippen LogP contribution in [0.25, 0.3) is 10.2 Å². The Kier molecular flexibility index (Phi) is 4.68. The van der Waals surface area contributed by atoms with Gasteiger partial charge in [0, 0.05) is 4.47 Å². The number of fused-ring (bicyclic) bond motifs is 1. The molecule has 6 nitrogen and oxygen atoms in total. The molecule has 0 aliphatic heterocycles. The molecule has 124 valence electrons. The second-order valence-corrected chi connectivity index (χ2v) is 8.48. The topological polar surface area (TPSA) is 102 Å². The largest absolute Gasteiger partial charge is 0.345 e. The number of carbonyl (C=O) groups is 1. The molecule has 0 fully saturated rings. The van der Waals surface area contributed by atoms with Crippen LogP contribution in [0.2, 0.25) is 0 Å². The maximum Gasteiger partial charge on any atom is 0.252 e. The summed E-state index contributed by atoms with van der Waals surface area (Å²) in [5.74, 6) is -0.411. The number of halogens is 1. The second kappa shape index (κ2) is 6.60. The minimum atomic E-state index is -3.87. The van der Waals surface area contributed by atoms with Crippen molar-refractivity contribution in [3.8, 4) is 0 Å². The van der Waals surface area contributed by atoms with Gasteiger partial charge >= 0.3 is 0 Å². The Bertz CT molecular complexity index is 998. The number of para-hydroxylation sites is 1. The van der Waals surface area contributed by atoms with Gasteiger partial charge in [0.2, 0.25) is 10.0 Å². The van der Waals surface area contributed by atoms with Gasteiger partial charge in [-0.2, -0.15) is 0 Å². The van der Waals surface area contributed by atoms with Gasteiger partial charge in [-0.05, 0) is 46.3 Å². The number of amides is 1. The van der Waals surface area contributed by atoms with E-state index in [2.05, 4.69) is 26.2 Å². The summed E-state index contributed by atoms with van der Waals surface area (Å²) in [5.41, 5.74) is 1.08. The number of rotatable bonds is 4. The molecule has 0 saturated carbocycles. The number of benzene rings is 2. The average Bonchev–Trinajstić information content (AvgIpc) is 2.94. The number of thiazole rings is 1. The molecule has 9 heteroatoms. The van der Waals surface area contributed by atoms with Crippen LogP contribution < -0.4 is 10.5 Å². The summed E-state index contributed by atoms with van der Waals surface area (Å²) in [5, 5.41) is 8.61. The van der Waals surface area contributed by atoms with Crippen LogP contribution >= 0.6 is 27.3 Å². The summed E-state index contributed by atoms with van der Waals surface area (Å²) < 4.78 is 24.4. The van der Waals surface area contributed by atoms with Crippen molar-refractivity contribution in [2.24, 2.45) is 5.14 Å². The zero-order chi connectivity index (χ0) is 17.3. The van der Waals surface area contributed by atoms with Crippen LogP contribution in [0.4, 0.5) is 0 Å². The normalized spacial score (nSPS) is 11.6. The fourth-order valence-electron chi connectivity index (χ4n) is 2.10. The standard InChI is InChI=1S/C15H12BrN3O3S2/c16-11-6-5-9(24(17,21)22)7-10(11)15(20)18-8-14-19-12-3-1-2-4-13(12)23-14/h1-7H,8H2,(H,18,20)(H2,17,21,22). The number of hydrogen-bond donors (Lipinski definition) is 2. The highest BCUT2D eigenvalue weighted by Crippen LogP contribution is 2.23. The molecule has 1 heterocycles. The molecule has 0 unspecified atom stereocenters. The first-order valence-corrected chi connectivity index (χ1v) is 9.95. The quantitative estimate of drug-likeness (QED) is 0.670. The molecule has 1 amide bonds. The Morgan fingerprint density at radius 1 is 1.25 bits per heavy atom. The van der Waals surface area contributed by atoms with E-state index >= 15 is 0 Å². The average molecular weight is 426 g/mol. The van der Waals surface area contributed by atoms with E-state index in [9.17, 15) is 13.2 Å². The van der Waals surface area contributed by atoms with E-state index < -0.39 is 15.9 Å². The van der Waals surface area contributed by atoms with E-state index in [1.54, 1.807) is 0 Å². The Hall–Kier alpha value is -1.81. The first-order chi connectivity index (χ1) is 11.3. The molecule has 0 spiro atoms. The zero-order valence-electron chi connectivity index (χ0n) is 12.2. The molecule has 0 radical (unpaired) electrons. The Balaban J connectivity index is 1.79. The van der Waals surface area contributed by atoms with Gasteiger partial charge in [0.15, 0.2) is 0 Å². The SMILES string of the molecule is NS(=O)(=O)c1ccc(Br)c(C(=O)NCc2nc3ccccc3s2)c1. The molecular weight excluding hydrogens is 414 g/mol. The molecular formula is C15H12BrN3O3S2. The summed E-state index contributed by atoms with van der Waals surface area (Å²) in [6.45, 7) is 0.254. The van der Waals surface area contributed by atoms with Gasteiger partial charge < -0.3 is 5.32 Å². The fraction of sp³-hybridized carbons (Fsp3) is 0.0667. The van der Waals surface area contributed by atoms with Crippen molar-refractivity contribution >= 4 is 53.4 Å². The van der Waals surface area contributed by atoms with Crippen LogP contribution in [0, 0.1) is 0 Å². The Morgan fingerprint density at radius 3 is 2.71 bits per heavy atom. The minimum absolute atomic E-state index is 0.115. The number of nitrogens with two attached hydrogens (primary N) is 1. The lowest BCUT2D eigenvalue weighted by Gasteiger charge is -2.07. The molecule has 0 saturated heterocycles. The van der Waals surface area contributed by atoms with Gasteiger partial charge in [0.25, 0.3) is 5.91 Å². The molecule has 0 aliphatic carbocycles. The van der Waals surface area contributed by atoms with E-state index in [0.717, 1.165) is 15.2 Å². The fourth-order valence-corrected chi connectivity index (χ4v) is 3.98. The Labute approximate surface area is 150 Å². The predicted molar refractivity (Wildman–Crippen MR) is 96.3 cm³/mol. The van der Waals surface area contributed by atoms with Crippen LogP contribution in [0.5, 0.6) is 0 Å². The van der Waals surface area contributed by atoms with Crippen molar-refractivity contribution in [3.05, 3.63) is 57.5 Å². The van der Waals surface area contributed by atoms with E-state index in [-0.39, 0.29) is 17.0 Å². The summed E-state index contributed by atoms with van der Waals surface area (Å²) in [6.07, 6.45) is 0. The molecule has 3 rings (SSSR count). The summed E-state index contributed by atoms with van der Waals surface area (Å²) >= 11 is 4.74. The third kappa shape index (κ3) is 3.64. The number of hydrogen-bond acceptors (Lipinski definition) is 5. The van der Waals surface area contributed by atoms with Crippen molar-refractivity contribution < 1.29 is 13.2 Å². The number of carbonyl (C=O) groups excluding carboxylic acids is 1. The van der Waals surface area contributed by atoms with Gasteiger partial charge in [0.05, 0.1) is 27.2 Å². The van der Waals surface area contributed by atoms with Crippen LogP contribution in [-0.4, -0.2) is 19.3 Å². The highest BCUT2D eigenvalue weighted by molar-refractivity contribution is 9.10. The van der Waals surface area contributed by atoms with Gasteiger partial charge in [-0.25, -0.2) is 18.5 Å². The zero-order valence-corrected chi connectivity index (χ0v) is 15.4. The third-order valence-electron chi connectivity index (χ3n) is 3.25. The van der Waals surface area contributed by atoms with Crippen molar-refractivity contribution in [2.45, 2.75) is 11.4 Å². The molecule has 24 heavy (non-hydrogen) atoms. The van der Waals surface area contributed by atoms with Crippen LogP contribution in [0.15, 0.2) is 51.8 Å². The van der Waals surface area contributed by atoms with Crippen LogP contribution in [-0.2, 0) is 16.6 Å². The molecule has 0 bridgehead atoms. The molecule has 3 aromatic rings. The maximum atomic E-state index is 12.3. The lowest BCUT2D eigenvalue weighted by molar-refractivity contribution is 0.0950. The van der Waals surface area contributed by atoms with Gasteiger partial charge in [-0.3, -0.25) is 4.79 Å². The summed E-state index contributed by atoms with van der Waals surface area (Å²) in [7, 11) is -3.87. The number of aromatic nitrogens is 1. The predicted octanol–water partition coefficient (Wildman–Crippen LogP) is 2.64. The van der Waals surface area contributed by atoms with Crippen LogP contribution in [0.3, 0.4) is 0 Å². The molecule has 3 N–H and O–H groups in total. The minimum Gasteiger partial charge on any atom is -0.345 e. The molecule has 0 aliphatic rings. The number of sulfonamides is 1. The van der Waals surface area contributed by atoms with Crippen LogP contribution in [0.1, 0.15) is 15.4 Å². The van der Waals surface area contributed by atoms with E-state index in [4.69, 9.17) is 5.14 Å².